The molecule has 9 heteroatoms. The Kier molecular flexibility index (Phi) is 6.05. The van der Waals surface area contributed by atoms with Crippen molar-refractivity contribution in [2.45, 2.75) is 44.4 Å². The fourth-order valence-electron chi connectivity index (χ4n) is 3.85. The van der Waals surface area contributed by atoms with Gasteiger partial charge in [0.15, 0.2) is 0 Å². The molecule has 5 rings (SSSR count). The van der Waals surface area contributed by atoms with Crippen molar-refractivity contribution in [3.8, 4) is 10.8 Å². The summed E-state index contributed by atoms with van der Waals surface area (Å²) in [5.74, 6) is 1.52. The minimum absolute atomic E-state index is 0.00193. The number of aromatic nitrogens is 3. The number of fused-ring (bicyclic) bond motifs is 2. The van der Waals surface area contributed by atoms with Gasteiger partial charge in [0.05, 0.1) is 26.9 Å². The van der Waals surface area contributed by atoms with Crippen LogP contribution in [0.4, 0.5) is 0 Å². The summed E-state index contributed by atoms with van der Waals surface area (Å²) in [6.45, 7) is 4.30. The molecule has 4 aromatic rings. The molecule has 2 unspecified atom stereocenters. The Balaban J connectivity index is 1.21. The molecule has 3 aromatic heterocycles. The van der Waals surface area contributed by atoms with Crippen LogP contribution < -0.4 is 0 Å². The Hall–Kier alpha value is -2.23. The average molecular weight is 485 g/mol. The number of amides is 1. The van der Waals surface area contributed by atoms with Crippen LogP contribution in [0.2, 0.25) is 0 Å². The normalized spacial score (nSPS) is 16.8. The number of nitrogens with zero attached hydrogens (tertiary/aromatic N) is 4. The van der Waals surface area contributed by atoms with E-state index in [4.69, 9.17) is 4.42 Å². The average Bonchev–Trinajstić information content (AvgIpc) is 3.53. The summed E-state index contributed by atoms with van der Waals surface area (Å²) in [5, 5.41) is 9.73. The molecular weight excluding hydrogens is 460 g/mol. The molecule has 0 saturated heterocycles. The second kappa shape index (κ2) is 8.96. The Morgan fingerprint density at radius 2 is 2.16 bits per heavy atom. The SMILES string of the molecule is CC1CCc2sc(-c3nnc(SCC(=O)N(C)C(C)c4nc5ccccc5s4)o3)cc2C1. The predicted octanol–water partition coefficient (Wildman–Crippen LogP) is 5.84. The standard InChI is InChI=1S/C23H24N4O2S3/c1-13-8-9-17-15(10-13)11-19(31-17)21-25-26-23(29-21)30-12-20(28)27(3)14(2)22-24-16-6-4-5-7-18(16)32-22/h4-7,11,13-14H,8-10,12H2,1-3H3. The molecule has 166 valence electrons. The lowest BCUT2D eigenvalue weighted by Gasteiger charge is -2.22. The van der Waals surface area contributed by atoms with Crippen molar-refractivity contribution in [1.82, 2.24) is 20.1 Å². The van der Waals surface area contributed by atoms with Crippen molar-refractivity contribution in [2.24, 2.45) is 5.92 Å². The number of thiazole rings is 1. The topological polar surface area (TPSA) is 72.1 Å². The van der Waals surface area contributed by atoms with Gasteiger partial charge in [-0.2, -0.15) is 0 Å². The van der Waals surface area contributed by atoms with E-state index >= 15 is 0 Å². The third kappa shape index (κ3) is 4.33. The van der Waals surface area contributed by atoms with Crippen molar-refractivity contribution in [3.63, 3.8) is 0 Å². The molecule has 0 radical (unpaired) electrons. The molecule has 2 atom stereocenters. The predicted molar refractivity (Wildman–Crippen MR) is 130 cm³/mol. The number of hydrogen-bond acceptors (Lipinski definition) is 8. The molecule has 3 heterocycles. The quantitative estimate of drug-likeness (QED) is 0.320. The van der Waals surface area contributed by atoms with Crippen LogP contribution in [-0.4, -0.2) is 38.8 Å². The largest absolute Gasteiger partial charge is 0.410 e. The van der Waals surface area contributed by atoms with Crippen molar-refractivity contribution >= 4 is 50.6 Å². The Morgan fingerprint density at radius 3 is 3.00 bits per heavy atom. The van der Waals surface area contributed by atoms with E-state index in [0.717, 1.165) is 38.9 Å². The monoisotopic (exact) mass is 484 g/mol. The molecule has 0 spiro atoms. The van der Waals surface area contributed by atoms with Gasteiger partial charge in [0.25, 0.3) is 11.1 Å². The number of carbonyl (C=O) groups excluding carboxylic acids is 1. The molecule has 32 heavy (non-hydrogen) atoms. The summed E-state index contributed by atoms with van der Waals surface area (Å²) < 4.78 is 6.99. The van der Waals surface area contributed by atoms with Crippen LogP contribution in [0.5, 0.6) is 0 Å². The summed E-state index contributed by atoms with van der Waals surface area (Å²) in [4.78, 5) is 21.7. The molecule has 6 nitrogen and oxygen atoms in total. The van der Waals surface area contributed by atoms with Crippen LogP contribution in [0.25, 0.3) is 21.0 Å². The number of carbonyl (C=O) groups is 1. The highest BCUT2D eigenvalue weighted by Crippen LogP contribution is 2.37. The van der Waals surface area contributed by atoms with E-state index in [1.807, 2.05) is 32.2 Å². The van der Waals surface area contributed by atoms with E-state index in [9.17, 15) is 4.79 Å². The molecule has 1 aliphatic rings. The van der Waals surface area contributed by atoms with Gasteiger partial charge in [-0.15, -0.1) is 32.9 Å². The highest BCUT2D eigenvalue weighted by Gasteiger charge is 2.23. The number of thioether (sulfide) groups is 1. The van der Waals surface area contributed by atoms with Crippen LogP contribution in [0.3, 0.4) is 0 Å². The van der Waals surface area contributed by atoms with Gasteiger partial charge in [-0.1, -0.05) is 30.8 Å². The summed E-state index contributed by atoms with van der Waals surface area (Å²) in [6.07, 6.45) is 3.49. The summed E-state index contributed by atoms with van der Waals surface area (Å²) in [7, 11) is 1.82. The molecule has 0 bridgehead atoms. The van der Waals surface area contributed by atoms with Crippen LogP contribution in [0, 0.1) is 5.92 Å². The van der Waals surface area contributed by atoms with Crippen LogP contribution in [0.1, 0.15) is 41.8 Å². The lowest BCUT2D eigenvalue weighted by molar-refractivity contribution is -0.128. The smallest absolute Gasteiger partial charge is 0.277 e. The first-order valence-electron chi connectivity index (χ1n) is 10.7. The van der Waals surface area contributed by atoms with Crippen molar-refractivity contribution in [3.05, 3.63) is 45.8 Å². The molecule has 1 aliphatic carbocycles. The van der Waals surface area contributed by atoms with E-state index in [0.29, 0.717) is 11.1 Å². The number of para-hydroxylation sites is 1. The van der Waals surface area contributed by atoms with E-state index < -0.39 is 0 Å². The highest BCUT2D eigenvalue weighted by molar-refractivity contribution is 7.99. The van der Waals surface area contributed by atoms with E-state index in [2.05, 4.69) is 34.2 Å². The third-order valence-corrected chi connectivity index (χ3v) is 9.14. The number of aryl methyl sites for hydroxylation is 1. The summed E-state index contributed by atoms with van der Waals surface area (Å²) in [6, 6.07) is 10.1. The van der Waals surface area contributed by atoms with Gasteiger partial charge in [0, 0.05) is 11.9 Å². The second-order valence-electron chi connectivity index (χ2n) is 8.27. The van der Waals surface area contributed by atoms with Crippen molar-refractivity contribution < 1.29 is 9.21 Å². The van der Waals surface area contributed by atoms with Gasteiger partial charge >= 0.3 is 0 Å². The van der Waals surface area contributed by atoms with E-state index in [1.54, 1.807) is 27.6 Å². The second-order valence-corrected chi connectivity index (χ2v) is 11.4. The number of hydrogen-bond donors (Lipinski definition) is 0. The first kappa shape index (κ1) is 21.6. The van der Waals surface area contributed by atoms with Crippen molar-refractivity contribution in [2.75, 3.05) is 12.8 Å². The van der Waals surface area contributed by atoms with Crippen LogP contribution in [-0.2, 0) is 17.6 Å². The summed E-state index contributed by atoms with van der Waals surface area (Å²) >= 11 is 4.66. The van der Waals surface area contributed by atoms with E-state index in [1.165, 1.54) is 28.6 Å². The van der Waals surface area contributed by atoms with Gasteiger partial charge in [-0.05, 0) is 55.9 Å². The van der Waals surface area contributed by atoms with Gasteiger partial charge in [0.1, 0.15) is 5.01 Å². The molecule has 0 fully saturated rings. The zero-order chi connectivity index (χ0) is 22.2. The Labute approximate surface area is 199 Å². The summed E-state index contributed by atoms with van der Waals surface area (Å²) in [5.41, 5.74) is 2.38. The first-order valence-corrected chi connectivity index (χ1v) is 13.3. The molecule has 1 amide bonds. The maximum Gasteiger partial charge on any atom is 0.277 e. The third-order valence-electron chi connectivity index (χ3n) is 5.91. The van der Waals surface area contributed by atoms with Gasteiger partial charge in [-0.3, -0.25) is 4.79 Å². The first-order chi connectivity index (χ1) is 15.5. The number of benzene rings is 1. The van der Waals surface area contributed by atoms with Gasteiger partial charge in [-0.25, -0.2) is 4.98 Å². The zero-order valence-electron chi connectivity index (χ0n) is 18.2. The lowest BCUT2D eigenvalue weighted by atomic mass is 9.90. The maximum atomic E-state index is 12.8. The number of thiophene rings is 1. The van der Waals surface area contributed by atoms with Gasteiger partial charge in [0.2, 0.25) is 5.91 Å². The molecule has 0 saturated carbocycles. The van der Waals surface area contributed by atoms with Crippen LogP contribution >= 0.6 is 34.4 Å². The minimum Gasteiger partial charge on any atom is -0.410 e. The Morgan fingerprint density at radius 1 is 1.31 bits per heavy atom. The number of rotatable bonds is 6. The minimum atomic E-state index is -0.0985. The molecule has 0 N–H and O–H groups in total. The van der Waals surface area contributed by atoms with Crippen LogP contribution in [0.15, 0.2) is 40.0 Å². The van der Waals surface area contributed by atoms with Gasteiger partial charge < -0.3 is 9.32 Å². The molecule has 0 aliphatic heterocycles. The highest BCUT2D eigenvalue weighted by atomic mass is 32.2. The van der Waals surface area contributed by atoms with Crippen molar-refractivity contribution in [1.29, 1.82) is 0 Å². The fraction of sp³-hybridized carbons (Fsp3) is 0.391. The van der Waals surface area contributed by atoms with E-state index in [-0.39, 0.29) is 17.7 Å². The maximum absolute atomic E-state index is 12.8. The fourth-order valence-corrected chi connectivity index (χ4v) is 6.73. The zero-order valence-corrected chi connectivity index (χ0v) is 20.6. The molecule has 1 aromatic carbocycles. The molecular formula is C23H24N4O2S3. The Bertz CT molecular complexity index is 1230. The lowest BCUT2D eigenvalue weighted by Crippen LogP contribution is -2.31.